The zero-order chi connectivity index (χ0) is 13.3. The monoisotopic (exact) mass is 244 g/mol. The molecule has 1 aromatic carbocycles. The minimum absolute atomic E-state index is 0.272. The molecule has 0 fully saturated rings. The van der Waals surface area contributed by atoms with Gasteiger partial charge in [-0.1, -0.05) is 18.2 Å². The molecule has 0 bridgehead atoms. The van der Waals surface area contributed by atoms with E-state index in [1.54, 1.807) is 0 Å². The van der Waals surface area contributed by atoms with Gasteiger partial charge in [0.05, 0.1) is 0 Å². The van der Waals surface area contributed by atoms with Crippen LogP contribution < -0.4 is 5.32 Å². The summed E-state index contributed by atoms with van der Waals surface area (Å²) in [6.07, 6.45) is 1.35. The fourth-order valence-corrected chi connectivity index (χ4v) is 1.87. The lowest BCUT2D eigenvalue weighted by atomic mass is 10.1. The first-order valence-corrected chi connectivity index (χ1v) is 5.82. The highest BCUT2D eigenvalue weighted by molar-refractivity contribution is 6.17. The summed E-state index contributed by atoms with van der Waals surface area (Å²) in [6, 6.07) is 9.32. The molecule has 0 spiro atoms. The lowest BCUT2D eigenvalue weighted by Gasteiger charge is -2.30. The molecule has 0 aromatic heterocycles. The molecule has 94 valence electrons. The topological polar surface area (TPSA) is 49.4 Å². The number of nitrogens with zero attached hydrogens (tertiary/aromatic N) is 1. The molecule has 1 aliphatic heterocycles. The van der Waals surface area contributed by atoms with E-state index in [0.717, 1.165) is 5.69 Å². The van der Waals surface area contributed by atoms with Crippen molar-refractivity contribution in [3.05, 3.63) is 42.1 Å². The normalized spacial score (nSPS) is 15.9. The summed E-state index contributed by atoms with van der Waals surface area (Å²) < 4.78 is 0. The van der Waals surface area contributed by atoms with Gasteiger partial charge in [-0.2, -0.15) is 0 Å². The molecule has 1 aliphatic rings. The molecule has 1 N–H and O–H groups in total. The van der Waals surface area contributed by atoms with E-state index in [1.165, 1.54) is 11.0 Å². The van der Waals surface area contributed by atoms with E-state index in [2.05, 4.69) is 5.32 Å². The predicted molar refractivity (Wildman–Crippen MR) is 69.8 cm³/mol. The number of carbonyl (C=O) groups is 2. The Balaban J connectivity index is 2.20. The minimum Gasteiger partial charge on any atom is -0.351 e. The fraction of sp³-hybridized carbons (Fsp3) is 0.286. The van der Waals surface area contributed by atoms with Crippen LogP contribution in [0.5, 0.6) is 0 Å². The van der Waals surface area contributed by atoms with Crippen LogP contribution in [0, 0.1) is 0 Å². The number of anilines is 1. The number of benzene rings is 1. The minimum atomic E-state index is -0.509. The molecule has 4 nitrogen and oxygen atoms in total. The Labute approximate surface area is 106 Å². The molecule has 4 heteroatoms. The maximum absolute atomic E-state index is 12.1. The van der Waals surface area contributed by atoms with Crippen LogP contribution in [-0.4, -0.2) is 22.3 Å². The summed E-state index contributed by atoms with van der Waals surface area (Å²) in [4.78, 5) is 25.2. The molecule has 2 amide bonds. The van der Waals surface area contributed by atoms with E-state index in [-0.39, 0.29) is 11.8 Å². The summed E-state index contributed by atoms with van der Waals surface area (Å²) in [5.74, 6) is -0.553. The molecule has 0 aliphatic carbocycles. The number of amides is 2. The van der Waals surface area contributed by atoms with Gasteiger partial charge in [0.15, 0.2) is 0 Å². The molecular formula is C14H16N2O2. The van der Waals surface area contributed by atoms with Crippen molar-refractivity contribution in [1.82, 2.24) is 4.90 Å². The van der Waals surface area contributed by atoms with Crippen LogP contribution in [-0.2, 0) is 9.59 Å². The predicted octanol–water partition coefficient (Wildman–Crippen LogP) is 2.15. The van der Waals surface area contributed by atoms with Crippen LogP contribution in [0.1, 0.15) is 20.8 Å². The van der Waals surface area contributed by atoms with E-state index in [0.29, 0.717) is 5.70 Å². The van der Waals surface area contributed by atoms with Gasteiger partial charge in [0.2, 0.25) is 0 Å². The molecule has 0 atom stereocenters. The van der Waals surface area contributed by atoms with Gasteiger partial charge >= 0.3 is 0 Å². The van der Waals surface area contributed by atoms with Gasteiger partial charge in [-0.25, -0.2) is 0 Å². The Hall–Kier alpha value is -2.10. The maximum atomic E-state index is 12.1. The van der Waals surface area contributed by atoms with Crippen molar-refractivity contribution >= 4 is 17.5 Å². The van der Waals surface area contributed by atoms with Crippen molar-refractivity contribution in [2.45, 2.75) is 26.3 Å². The Morgan fingerprint density at radius 2 is 1.67 bits per heavy atom. The summed E-state index contributed by atoms with van der Waals surface area (Å²) in [6.45, 7) is 5.51. The summed E-state index contributed by atoms with van der Waals surface area (Å²) in [5.41, 5.74) is 0.604. The van der Waals surface area contributed by atoms with Crippen LogP contribution in [0.3, 0.4) is 0 Å². The number of hydrogen-bond donors (Lipinski definition) is 1. The molecule has 0 radical (unpaired) electrons. The highest BCUT2D eigenvalue weighted by Gasteiger charge is 2.38. The smallest absolute Gasteiger partial charge is 0.277 e. The van der Waals surface area contributed by atoms with Crippen LogP contribution >= 0.6 is 0 Å². The standard InChI is InChI=1S/C14H16N2O2/c1-14(2,3)16-12(17)9-11(13(16)18)15-10-7-5-4-6-8-10/h4-9,15H,1-3H3. The number of imide groups is 1. The average molecular weight is 244 g/mol. The van der Waals surface area contributed by atoms with Crippen LogP contribution in [0.25, 0.3) is 0 Å². The van der Waals surface area contributed by atoms with Crippen molar-refractivity contribution in [2.24, 2.45) is 0 Å². The second kappa shape index (κ2) is 4.29. The Morgan fingerprint density at radius 1 is 1.06 bits per heavy atom. The molecule has 0 unspecified atom stereocenters. The number of carbonyl (C=O) groups excluding carboxylic acids is 2. The lowest BCUT2D eigenvalue weighted by molar-refractivity contribution is -0.142. The van der Waals surface area contributed by atoms with E-state index in [4.69, 9.17) is 0 Å². The molecule has 0 saturated heterocycles. The van der Waals surface area contributed by atoms with Gasteiger partial charge in [-0.05, 0) is 32.9 Å². The first-order chi connectivity index (χ1) is 8.39. The second-order valence-corrected chi connectivity index (χ2v) is 5.20. The zero-order valence-electron chi connectivity index (χ0n) is 10.7. The average Bonchev–Trinajstić information content (AvgIpc) is 2.54. The SMILES string of the molecule is CC(C)(C)N1C(=O)C=C(Nc2ccccc2)C1=O. The summed E-state index contributed by atoms with van der Waals surface area (Å²) in [7, 11) is 0. The fourth-order valence-electron chi connectivity index (χ4n) is 1.87. The van der Waals surface area contributed by atoms with Gasteiger partial charge in [0, 0.05) is 17.3 Å². The second-order valence-electron chi connectivity index (χ2n) is 5.20. The van der Waals surface area contributed by atoms with Gasteiger partial charge in [0.1, 0.15) is 5.70 Å². The van der Waals surface area contributed by atoms with Crippen molar-refractivity contribution < 1.29 is 9.59 Å². The summed E-state index contributed by atoms with van der Waals surface area (Å²) >= 11 is 0. The Bertz CT molecular complexity index is 512. The van der Waals surface area contributed by atoms with Gasteiger partial charge < -0.3 is 5.32 Å². The van der Waals surface area contributed by atoms with Gasteiger partial charge in [-0.15, -0.1) is 0 Å². The van der Waals surface area contributed by atoms with Crippen LogP contribution in [0.2, 0.25) is 0 Å². The van der Waals surface area contributed by atoms with E-state index in [9.17, 15) is 9.59 Å². The van der Waals surface area contributed by atoms with E-state index in [1.807, 2.05) is 51.1 Å². The third kappa shape index (κ3) is 2.27. The molecule has 18 heavy (non-hydrogen) atoms. The van der Waals surface area contributed by atoms with Crippen molar-refractivity contribution in [3.63, 3.8) is 0 Å². The van der Waals surface area contributed by atoms with Crippen molar-refractivity contribution in [2.75, 3.05) is 5.32 Å². The van der Waals surface area contributed by atoms with E-state index >= 15 is 0 Å². The number of hydrogen-bond acceptors (Lipinski definition) is 3. The van der Waals surface area contributed by atoms with Crippen LogP contribution in [0.4, 0.5) is 5.69 Å². The van der Waals surface area contributed by atoms with E-state index < -0.39 is 5.54 Å². The summed E-state index contributed by atoms with van der Waals surface area (Å²) in [5, 5.41) is 2.97. The lowest BCUT2D eigenvalue weighted by Crippen LogP contribution is -2.46. The Morgan fingerprint density at radius 3 is 2.17 bits per heavy atom. The molecular weight excluding hydrogens is 228 g/mol. The number of rotatable bonds is 2. The highest BCUT2D eigenvalue weighted by atomic mass is 16.2. The first-order valence-electron chi connectivity index (χ1n) is 5.82. The third-order valence-electron chi connectivity index (χ3n) is 2.65. The molecule has 1 heterocycles. The van der Waals surface area contributed by atoms with Crippen molar-refractivity contribution in [1.29, 1.82) is 0 Å². The first kappa shape index (κ1) is 12.4. The van der Waals surface area contributed by atoms with Gasteiger partial charge in [0.25, 0.3) is 11.8 Å². The highest BCUT2D eigenvalue weighted by Crippen LogP contribution is 2.23. The quantitative estimate of drug-likeness (QED) is 0.811. The number of nitrogens with one attached hydrogen (secondary N) is 1. The van der Waals surface area contributed by atoms with Gasteiger partial charge in [-0.3, -0.25) is 14.5 Å². The van der Waals surface area contributed by atoms with Crippen molar-refractivity contribution in [3.8, 4) is 0 Å². The maximum Gasteiger partial charge on any atom is 0.277 e. The molecule has 2 rings (SSSR count). The molecule has 1 aromatic rings. The molecule has 0 saturated carbocycles. The largest absolute Gasteiger partial charge is 0.351 e. The zero-order valence-corrected chi connectivity index (χ0v) is 10.7. The number of para-hydroxylation sites is 1. The third-order valence-corrected chi connectivity index (χ3v) is 2.65. The van der Waals surface area contributed by atoms with Crippen LogP contribution in [0.15, 0.2) is 42.1 Å². The Kier molecular flexibility index (Phi) is 2.95.